The van der Waals surface area contributed by atoms with Gasteiger partial charge in [0.25, 0.3) is 0 Å². The van der Waals surface area contributed by atoms with Crippen molar-refractivity contribution in [3.63, 3.8) is 0 Å². The summed E-state index contributed by atoms with van der Waals surface area (Å²) in [6.45, 7) is 1.25. The normalized spacial score (nSPS) is 11.1. The molecular formula is C17H16Cl2N2O3. The molecule has 0 fully saturated rings. The predicted molar refractivity (Wildman–Crippen MR) is 94.1 cm³/mol. The van der Waals surface area contributed by atoms with Gasteiger partial charge in [-0.2, -0.15) is 0 Å². The van der Waals surface area contributed by atoms with Crippen molar-refractivity contribution in [2.75, 3.05) is 20.3 Å². The Labute approximate surface area is 149 Å². The summed E-state index contributed by atoms with van der Waals surface area (Å²) in [4.78, 5) is 4.32. The molecule has 5 nitrogen and oxygen atoms in total. The summed E-state index contributed by atoms with van der Waals surface area (Å²) in [6, 6.07) is 13.1. The first-order chi connectivity index (χ1) is 11.7. The average Bonchev–Trinajstić information content (AvgIpc) is 2.92. The van der Waals surface area contributed by atoms with Gasteiger partial charge in [0.2, 0.25) is 5.28 Å². The molecule has 0 atom stereocenters. The van der Waals surface area contributed by atoms with E-state index in [2.05, 4.69) is 4.98 Å². The molecule has 1 aromatic heterocycles. The first kappa shape index (κ1) is 17.0. The Morgan fingerprint density at radius 1 is 1.04 bits per heavy atom. The second-order valence-corrected chi connectivity index (χ2v) is 5.72. The molecule has 126 valence electrons. The molecule has 24 heavy (non-hydrogen) atoms. The summed E-state index contributed by atoms with van der Waals surface area (Å²) < 4.78 is 18.0. The maximum atomic E-state index is 6.44. The van der Waals surface area contributed by atoms with E-state index in [0.29, 0.717) is 40.5 Å². The van der Waals surface area contributed by atoms with Crippen LogP contribution in [0.2, 0.25) is 10.3 Å². The van der Waals surface area contributed by atoms with Gasteiger partial charge in [-0.25, -0.2) is 4.98 Å². The number of nitrogens with zero attached hydrogens (tertiary/aromatic N) is 2. The average molecular weight is 367 g/mol. The van der Waals surface area contributed by atoms with Gasteiger partial charge in [-0.1, -0.05) is 29.8 Å². The van der Waals surface area contributed by atoms with Gasteiger partial charge in [-0.15, -0.1) is 0 Å². The maximum absolute atomic E-state index is 6.44. The summed E-state index contributed by atoms with van der Waals surface area (Å²) in [7, 11) is 1.62. The number of para-hydroxylation sites is 1. The lowest BCUT2D eigenvalue weighted by Crippen LogP contribution is -2.07. The van der Waals surface area contributed by atoms with Crippen molar-refractivity contribution in [2.45, 2.75) is 6.73 Å². The van der Waals surface area contributed by atoms with Crippen molar-refractivity contribution >= 4 is 34.2 Å². The summed E-state index contributed by atoms with van der Waals surface area (Å²) in [6.07, 6.45) is 0. The molecule has 3 aromatic rings. The summed E-state index contributed by atoms with van der Waals surface area (Å²) in [5, 5.41) is 0.718. The van der Waals surface area contributed by atoms with Crippen LogP contribution in [-0.2, 0) is 16.2 Å². The van der Waals surface area contributed by atoms with E-state index in [1.807, 2.05) is 36.4 Å². The van der Waals surface area contributed by atoms with Crippen LogP contribution in [0.25, 0.3) is 11.0 Å². The van der Waals surface area contributed by atoms with Crippen LogP contribution in [0.1, 0.15) is 0 Å². The van der Waals surface area contributed by atoms with E-state index < -0.39 is 0 Å². The zero-order valence-electron chi connectivity index (χ0n) is 13.0. The van der Waals surface area contributed by atoms with Crippen LogP contribution in [0.15, 0.2) is 42.5 Å². The zero-order valence-corrected chi connectivity index (χ0v) is 14.5. The van der Waals surface area contributed by atoms with E-state index in [9.17, 15) is 0 Å². The van der Waals surface area contributed by atoms with Crippen molar-refractivity contribution in [2.24, 2.45) is 0 Å². The Morgan fingerprint density at radius 2 is 1.83 bits per heavy atom. The van der Waals surface area contributed by atoms with Crippen LogP contribution in [0.5, 0.6) is 11.5 Å². The molecular weight excluding hydrogens is 351 g/mol. The van der Waals surface area contributed by atoms with Crippen LogP contribution in [0, 0.1) is 0 Å². The van der Waals surface area contributed by atoms with Crippen molar-refractivity contribution < 1.29 is 14.2 Å². The number of hydrogen-bond donors (Lipinski definition) is 0. The first-order valence-electron chi connectivity index (χ1n) is 7.34. The van der Waals surface area contributed by atoms with E-state index >= 15 is 0 Å². The SMILES string of the molecule is COCCOCn1c(Cl)nc2c(Cl)c(Oc3ccccc3)ccc21. The highest BCUT2D eigenvalue weighted by Gasteiger charge is 2.15. The Balaban J connectivity index is 1.87. The largest absolute Gasteiger partial charge is 0.456 e. The number of benzene rings is 2. The number of methoxy groups -OCH3 is 1. The molecule has 0 aliphatic heterocycles. The van der Waals surface area contributed by atoms with Crippen molar-refractivity contribution in [1.29, 1.82) is 0 Å². The minimum atomic E-state index is 0.272. The molecule has 0 aliphatic rings. The van der Waals surface area contributed by atoms with Gasteiger partial charge < -0.3 is 14.2 Å². The molecule has 0 aliphatic carbocycles. The molecule has 0 unspecified atom stereocenters. The third-order valence-electron chi connectivity index (χ3n) is 3.40. The molecule has 0 bridgehead atoms. The Hall–Kier alpha value is -1.79. The number of halogens is 2. The van der Waals surface area contributed by atoms with Gasteiger partial charge in [0.15, 0.2) is 0 Å². The smallest absolute Gasteiger partial charge is 0.205 e. The second kappa shape index (κ2) is 7.85. The second-order valence-electron chi connectivity index (χ2n) is 5.00. The summed E-state index contributed by atoms with van der Waals surface area (Å²) in [5.41, 5.74) is 1.35. The van der Waals surface area contributed by atoms with Crippen molar-refractivity contribution in [3.8, 4) is 11.5 Å². The third-order valence-corrected chi connectivity index (χ3v) is 4.05. The highest BCUT2D eigenvalue weighted by Crippen LogP contribution is 2.36. The van der Waals surface area contributed by atoms with Gasteiger partial charge >= 0.3 is 0 Å². The fourth-order valence-electron chi connectivity index (χ4n) is 2.23. The fraction of sp³-hybridized carbons (Fsp3) is 0.235. The first-order valence-corrected chi connectivity index (χ1v) is 8.10. The van der Waals surface area contributed by atoms with Crippen LogP contribution in [0.4, 0.5) is 0 Å². The van der Waals surface area contributed by atoms with E-state index in [1.54, 1.807) is 17.7 Å². The molecule has 0 spiro atoms. The quantitative estimate of drug-likeness (QED) is 0.565. The molecule has 7 heteroatoms. The van der Waals surface area contributed by atoms with Crippen molar-refractivity contribution in [3.05, 3.63) is 52.8 Å². The number of hydrogen-bond acceptors (Lipinski definition) is 4. The number of ether oxygens (including phenoxy) is 3. The van der Waals surface area contributed by atoms with Gasteiger partial charge in [-0.05, 0) is 35.9 Å². The van der Waals surface area contributed by atoms with Crippen LogP contribution in [0.3, 0.4) is 0 Å². The lowest BCUT2D eigenvalue weighted by Gasteiger charge is -2.09. The monoisotopic (exact) mass is 366 g/mol. The fourth-order valence-corrected chi connectivity index (χ4v) is 2.69. The lowest BCUT2D eigenvalue weighted by atomic mass is 10.3. The Morgan fingerprint density at radius 3 is 2.58 bits per heavy atom. The molecule has 0 saturated carbocycles. The van der Waals surface area contributed by atoms with Crippen molar-refractivity contribution in [1.82, 2.24) is 9.55 Å². The zero-order chi connectivity index (χ0) is 16.9. The van der Waals surface area contributed by atoms with Crippen LogP contribution in [-0.4, -0.2) is 29.9 Å². The molecule has 1 heterocycles. The van der Waals surface area contributed by atoms with E-state index in [0.717, 1.165) is 5.52 Å². The highest BCUT2D eigenvalue weighted by atomic mass is 35.5. The molecule has 0 N–H and O–H groups in total. The molecule has 2 aromatic carbocycles. The Kier molecular flexibility index (Phi) is 5.58. The molecule has 0 saturated heterocycles. The van der Waals surface area contributed by atoms with Gasteiger partial charge in [0, 0.05) is 7.11 Å². The number of aromatic nitrogens is 2. The Bertz CT molecular complexity index is 822. The molecule has 0 amide bonds. The van der Waals surface area contributed by atoms with Gasteiger partial charge in [-0.3, -0.25) is 4.57 Å². The molecule has 3 rings (SSSR count). The molecule has 0 radical (unpaired) electrons. The predicted octanol–water partition coefficient (Wildman–Crippen LogP) is 4.76. The van der Waals surface area contributed by atoms with Gasteiger partial charge in [0.1, 0.15) is 28.8 Å². The minimum Gasteiger partial charge on any atom is -0.456 e. The number of fused-ring (bicyclic) bond motifs is 1. The minimum absolute atomic E-state index is 0.272. The summed E-state index contributed by atoms with van der Waals surface area (Å²) in [5.74, 6) is 1.23. The highest BCUT2D eigenvalue weighted by molar-refractivity contribution is 6.37. The third kappa shape index (κ3) is 3.65. The summed E-state index contributed by atoms with van der Waals surface area (Å²) >= 11 is 12.6. The van der Waals surface area contributed by atoms with Crippen LogP contribution < -0.4 is 4.74 Å². The standard InChI is InChI=1S/C17H16Cl2N2O3/c1-22-9-10-23-11-21-13-7-8-14(15(18)16(13)20-17(21)19)24-12-5-3-2-4-6-12/h2-8H,9-11H2,1H3. The number of imidazole rings is 1. The van der Waals surface area contributed by atoms with E-state index in [1.165, 1.54) is 0 Å². The lowest BCUT2D eigenvalue weighted by molar-refractivity contribution is 0.0359. The van der Waals surface area contributed by atoms with E-state index in [-0.39, 0.29) is 6.73 Å². The number of rotatable bonds is 7. The topological polar surface area (TPSA) is 45.5 Å². The van der Waals surface area contributed by atoms with Gasteiger partial charge in [0.05, 0.1) is 18.7 Å². The maximum Gasteiger partial charge on any atom is 0.205 e. The van der Waals surface area contributed by atoms with E-state index in [4.69, 9.17) is 37.4 Å². The van der Waals surface area contributed by atoms with Crippen LogP contribution >= 0.6 is 23.2 Å².